The molecule has 0 aliphatic carbocycles. The van der Waals surface area contributed by atoms with Crippen molar-refractivity contribution in [1.82, 2.24) is 9.97 Å². The third kappa shape index (κ3) is 5.13. The van der Waals surface area contributed by atoms with E-state index in [2.05, 4.69) is 51.1 Å². The van der Waals surface area contributed by atoms with Crippen molar-refractivity contribution < 1.29 is 13.2 Å². The van der Waals surface area contributed by atoms with Crippen molar-refractivity contribution in [3.05, 3.63) is 150 Å². The molecule has 4 aromatic carbocycles. The van der Waals surface area contributed by atoms with Crippen molar-refractivity contribution >= 4 is 15.7 Å². The summed E-state index contributed by atoms with van der Waals surface area (Å²) < 4.78 is 33.1. The lowest BCUT2D eigenvalue weighted by atomic mass is 9.65. The fraction of sp³-hybridized carbons (Fsp3) is 0.100. The summed E-state index contributed by atoms with van der Waals surface area (Å²) in [6, 6.07) is 37.7. The summed E-state index contributed by atoms with van der Waals surface area (Å²) in [5.41, 5.74) is 3.44. The zero-order valence-electron chi connectivity index (χ0n) is 20.3. The highest BCUT2D eigenvalue weighted by Gasteiger charge is 2.47. The number of nitrogens with zero attached hydrogens (tertiary/aromatic N) is 1. The predicted molar refractivity (Wildman–Crippen MR) is 146 cm³/mol. The smallest absolute Gasteiger partial charge is 0.229 e. The second-order valence-corrected chi connectivity index (χ2v) is 10.5. The lowest BCUT2D eigenvalue weighted by molar-refractivity contribution is 0.145. The number of anilines is 1. The first-order valence-electron chi connectivity index (χ1n) is 11.9. The van der Waals surface area contributed by atoms with Gasteiger partial charge in [-0.15, -0.1) is 0 Å². The van der Waals surface area contributed by atoms with Gasteiger partial charge in [0.2, 0.25) is 10.0 Å². The van der Waals surface area contributed by atoms with Crippen molar-refractivity contribution in [3.8, 4) is 5.75 Å². The standard InChI is InChI=1S/C30H27N3O3S/c1-37(34,35)33-26-18-11-19-27(20-26)36-29(28-21-31-22-32-28)30(23-12-5-2-6-13-23,24-14-7-3-8-15-24)25-16-9-4-10-17-25/h2-22,29,33H,1H3,(H,31,32). The Labute approximate surface area is 217 Å². The Morgan fingerprint density at radius 2 is 1.32 bits per heavy atom. The molecular weight excluding hydrogens is 482 g/mol. The Balaban J connectivity index is 1.77. The SMILES string of the molecule is CS(=O)(=O)Nc1cccc(OC(c2c[nH]cn2)C(c2ccccc2)(c2ccccc2)c2ccccc2)c1. The second-order valence-electron chi connectivity index (χ2n) is 8.80. The number of rotatable bonds is 9. The number of imidazole rings is 1. The third-order valence-corrected chi connectivity index (χ3v) is 6.87. The molecule has 0 fully saturated rings. The number of hydrogen-bond donors (Lipinski definition) is 2. The van der Waals surface area contributed by atoms with Crippen molar-refractivity contribution in [2.75, 3.05) is 11.0 Å². The summed E-state index contributed by atoms with van der Waals surface area (Å²) in [6.45, 7) is 0. The minimum absolute atomic E-state index is 0.422. The molecule has 0 bridgehead atoms. The number of hydrogen-bond acceptors (Lipinski definition) is 4. The van der Waals surface area contributed by atoms with E-state index in [9.17, 15) is 8.42 Å². The van der Waals surface area contributed by atoms with E-state index in [4.69, 9.17) is 4.74 Å². The Morgan fingerprint density at radius 1 is 0.784 bits per heavy atom. The average Bonchev–Trinajstić information content (AvgIpc) is 3.45. The maximum atomic E-state index is 11.9. The topological polar surface area (TPSA) is 84.1 Å². The molecule has 37 heavy (non-hydrogen) atoms. The van der Waals surface area contributed by atoms with Gasteiger partial charge in [-0.2, -0.15) is 0 Å². The van der Waals surface area contributed by atoms with Crippen LogP contribution in [0.5, 0.6) is 5.75 Å². The van der Waals surface area contributed by atoms with E-state index in [0.29, 0.717) is 17.1 Å². The molecule has 1 heterocycles. The molecule has 5 aromatic rings. The minimum Gasteiger partial charge on any atom is -0.482 e. The lowest BCUT2D eigenvalue weighted by Crippen LogP contribution is -2.39. The quantitative estimate of drug-likeness (QED) is 0.241. The van der Waals surface area contributed by atoms with Crippen LogP contribution < -0.4 is 9.46 Å². The van der Waals surface area contributed by atoms with Gasteiger partial charge in [-0.3, -0.25) is 4.72 Å². The highest BCUT2D eigenvalue weighted by atomic mass is 32.2. The molecule has 2 N–H and O–H groups in total. The average molecular weight is 510 g/mol. The molecule has 0 saturated heterocycles. The third-order valence-electron chi connectivity index (χ3n) is 6.26. The summed E-state index contributed by atoms with van der Waals surface area (Å²) in [6.07, 6.45) is 3.99. The molecule has 0 spiro atoms. The Kier molecular flexibility index (Phi) is 6.79. The molecule has 7 heteroatoms. The molecule has 1 atom stereocenters. The maximum Gasteiger partial charge on any atom is 0.229 e. The normalized spacial score (nSPS) is 12.6. The predicted octanol–water partition coefficient (Wildman–Crippen LogP) is 5.94. The highest BCUT2D eigenvalue weighted by molar-refractivity contribution is 7.92. The zero-order valence-corrected chi connectivity index (χ0v) is 21.1. The van der Waals surface area contributed by atoms with Crippen LogP contribution in [0, 0.1) is 0 Å². The summed E-state index contributed by atoms with van der Waals surface area (Å²) in [4.78, 5) is 7.73. The van der Waals surface area contributed by atoms with E-state index in [1.807, 2.05) is 66.9 Å². The van der Waals surface area contributed by atoms with Crippen LogP contribution in [0.3, 0.4) is 0 Å². The van der Waals surface area contributed by atoms with E-state index in [1.54, 1.807) is 24.5 Å². The van der Waals surface area contributed by atoms with Crippen molar-refractivity contribution in [1.29, 1.82) is 0 Å². The molecule has 6 nitrogen and oxygen atoms in total. The molecule has 1 unspecified atom stereocenters. The molecule has 1 aromatic heterocycles. The van der Waals surface area contributed by atoms with Gasteiger partial charge in [-0.1, -0.05) is 97.1 Å². The van der Waals surface area contributed by atoms with Gasteiger partial charge in [0.05, 0.1) is 23.7 Å². The Hall–Kier alpha value is -4.36. The van der Waals surface area contributed by atoms with Gasteiger partial charge in [-0.25, -0.2) is 13.4 Å². The number of aromatic amines is 1. The van der Waals surface area contributed by atoms with Crippen LogP contribution in [0.1, 0.15) is 28.5 Å². The first kappa shape index (κ1) is 24.3. The van der Waals surface area contributed by atoms with Crippen LogP contribution in [-0.4, -0.2) is 24.6 Å². The van der Waals surface area contributed by atoms with Gasteiger partial charge in [0.25, 0.3) is 0 Å². The molecule has 186 valence electrons. The van der Waals surface area contributed by atoms with E-state index >= 15 is 0 Å². The lowest BCUT2D eigenvalue weighted by Gasteiger charge is -2.41. The van der Waals surface area contributed by atoms with Crippen LogP contribution in [0.15, 0.2) is 128 Å². The molecule has 0 aliphatic rings. The summed E-state index contributed by atoms with van der Waals surface area (Å²) >= 11 is 0. The first-order chi connectivity index (χ1) is 18.0. The van der Waals surface area contributed by atoms with Crippen LogP contribution in [0.2, 0.25) is 0 Å². The van der Waals surface area contributed by atoms with Crippen molar-refractivity contribution in [3.63, 3.8) is 0 Å². The fourth-order valence-electron chi connectivity index (χ4n) is 4.83. The van der Waals surface area contributed by atoms with Crippen molar-refractivity contribution in [2.24, 2.45) is 0 Å². The first-order valence-corrected chi connectivity index (χ1v) is 13.8. The largest absolute Gasteiger partial charge is 0.482 e. The van der Waals surface area contributed by atoms with Gasteiger partial charge in [-0.05, 0) is 28.8 Å². The number of aromatic nitrogens is 2. The van der Waals surface area contributed by atoms with E-state index in [0.717, 1.165) is 22.9 Å². The van der Waals surface area contributed by atoms with Gasteiger partial charge in [0.15, 0.2) is 6.10 Å². The number of sulfonamides is 1. The fourth-order valence-corrected chi connectivity index (χ4v) is 5.38. The van der Waals surface area contributed by atoms with E-state index in [1.165, 1.54) is 0 Å². The van der Waals surface area contributed by atoms with Gasteiger partial charge < -0.3 is 9.72 Å². The molecule has 0 saturated carbocycles. The molecule has 5 rings (SSSR count). The van der Waals surface area contributed by atoms with Gasteiger partial charge in [0.1, 0.15) is 11.4 Å². The molecular formula is C30H27N3O3S. The number of benzene rings is 4. The Bertz CT molecular complexity index is 1440. The minimum atomic E-state index is -3.45. The molecule has 0 radical (unpaired) electrons. The van der Waals surface area contributed by atoms with Gasteiger partial charge in [0, 0.05) is 12.3 Å². The second kappa shape index (κ2) is 10.3. The van der Waals surface area contributed by atoms with Crippen LogP contribution in [0.25, 0.3) is 0 Å². The summed E-state index contributed by atoms with van der Waals surface area (Å²) in [5, 5.41) is 0. The summed E-state index contributed by atoms with van der Waals surface area (Å²) in [5.74, 6) is 0.508. The highest BCUT2D eigenvalue weighted by Crippen LogP contribution is 2.50. The molecule has 0 amide bonds. The number of ether oxygens (including phenoxy) is 1. The zero-order chi connectivity index (χ0) is 25.7. The number of H-pyrrole nitrogens is 1. The molecule has 0 aliphatic heterocycles. The Morgan fingerprint density at radius 3 is 1.78 bits per heavy atom. The van der Waals surface area contributed by atoms with Gasteiger partial charge >= 0.3 is 0 Å². The number of nitrogens with one attached hydrogen (secondary N) is 2. The van der Waals surface area contributed by atoms with Crippen LogP contribution in [0.4, 0.5) is 5.69 Å². The van der Waals surface area contributed by atoms with Crippen LogP contribution >= 0.6 is 0 Å². The van der Waals surface area contributed by atoms with E-state index in [-0.39, 0.29) is 0 Å². The van der Waals surface area contributed by atoms with E-state index < -0.39 is 21.5 Å². The van der Waals surface area contributed by atoms with Crippen LogP contribution in [-0.2, 0) is 15.4 Å². The summed E-state index contributed by atoms with van der Waals surface area (Å²) in [7, 11) is -3.45. The maximum absolute atomic E-state index is 11.9. The monoisotopic (exact) mass is 509 g/mol. The van der Waals surface area contributed by atoms with Crippen molar-refractivity contribution in [2.45, 2.75) is 11.5 Å².